The highest BCUT2D eigenvalue weighted by atomic mass is 16.5. The van der Waals surface area contributed by atoms with E-state index >= 15 is 0 Å². The highest BCUT2D eigenvalue weighted by Crippen LogP contribution is 2.35. The molecule has 1 saturated heterocycles. The number of hydrogen-bond donors (Lipinski definition) is 2. The molecule has 1 fully saturated rings. The number of nitrogens with one attached hydrogen (secondary N) is 1. The van der Waals surface area contributed by atoms with Crippen LogP contribution in [-0.4, -0.2) is 47.0 Å². The van der Waals surface area contributed by atoms with Gasteiger partial charge < -0.3 is 20.0 Å². The van der Waals surface area contributed by atoms with Crippen LogP contribution in [0.2, 0.25) is 0 Å². The first-order valence-electron chi connectivity index (χ1n) is 8.38. The predicted molar refractivity (Wildman–Crippen MR) is 93.9 cm³/mol. The van der Waals surface area contributed by atoms with Crippen LogP contribution < -0.4 is 20.9 Å². The Hall–Kier alpha value is -2.87. The number of fused-ring (bicyclic) bond motifs is 1. The van der Waals surface area contributed by atoms with Crippen LogP contribution in [0.15, 0.2) is 30.6 Å². The summed E-state index contributed by atoms with van der Waals surface area (Å²) in [6.07, 6.45) is 5.44. The first-order chi connectivity index (χ1) is 12.3. The van der Waals surface area contributed by atoms with Gasteiger partial charge in [-0.3, -0.25) is 4.79 Å². The highest BCUT2D eigenvalue weighted by molar-refractivity contribution is 5.95. The van der Waals surface area contributed by atoms with E-state index in [1.165, 1.54) is 0 Å². The van der Waals surface area contributed by atoms with E-state index in [1.807, 2.05) is 21.9 Å². The summed E-state index contributed by atoms with van der Waals surface area (Å²) in [5, 5.41) is 0. The van der Waals surface area contributed by atoms with Crippen molar-refractivity contribution < 1.29 is 9.53 Å². The number of aromatic nitrogens is 2. The Morgan fingerprint density at radius 2 is 2.04 bits per heavy atom. The first-order valence-corrected chi connectivity index (χ1v) is 8.38. The molecule has 8 nitrogen and oxygen atoms in total. The molecule has 0 aliphatic carbocycles. The standard InChI is InChI=1S/C17H20N6O2/c18-21-15-10-13(3-4-19-15)23-7-8-25-14-9-12(11-20-16(14)23)17(24)22-5-1-2-6-22/h3-4,9-11H,1-2,5-8,18H2,(H,19,21). The molecule has 1 amide bonds. The fraction of sp³-hybridized carbons (Fsp3) is 0.353. The largest absolute Gasteiger partial charge is 0.488 e. The predicted octanol–water partition coefficient (Wildman–Crippen LogP) is 1.53. The number of amides is 1. The molecule has 2 aliphatic heterocycles. The van der Waals surface area contributed by atoms with Crippen molar-refractivity contribution in [3.05, 3.63) is 36.2 Å². The van der Waals surface area contributed by atoms with Gasteiger partial charge in [-0.15, -0.1) is 0 Å². The number of anilines is 3. The average molecular weight is 340 g/mol. The first kappa shape index (κ1) is 15.6. The van der Waals surface area contributed by atoms with Crippen LogP contribution in [-0.2, 0) is 0 Å². The lowest BCUT2D eigenvalue weighted by molar-refractivity contribution is 0.0792. The van der Waals surface area contributed by atoms with E-state index < -0.39 is 0 Å². The van der Waals surface area contributed by atoms with Crippen molar-refractivity contribution in [3.63, 3.8) is 0 Å². The van der Waals surface area contributed by atoms with E-state index in [4.69, 9.17) is 10.6 Å². The number of rotatable bonds is 3. The monoisotopic (exact) mass is 340 g/mol. The fourth-order valence-electron chi connectivity index (χ4n) is 3.24. The van der Waals surface area contributed by atoms with Gasteiger partial charge >= 0.3 is 0 Å². The molecule has 130 valence electrons. The highest BCUT2D eigenvalue weighted by Gasteiger charge is 2.25. The zero-order chi connectivity index (χ0) is 17.2. The summed E-state index contributed by atoms with van der Waals surface area (Å²) < 4.78 is 5.75. The maximum Gasteiger partial charge on any atom is 0.255 e. The van der Waals surface area contributed by atoms with Gasteiger partial charge in [-0.25, -0.2) is 15.8 Å². The Morgan fingerprint density at radius 3 is 2.84 bits per heavy atom. The molecular weight excluding hydrogens is 320 g/mol. The Kier molecular flexibility index (Phi) is 4.10. The molecule has 0 unspecified atom stereocenters. The van der Waals surface area contributed by atoms with Crippen molar-refractivity contribution in [2.75, 3.05) is 36.6 Å². The third-order valence-electron chi connectivity index (χ3n) is 4.50. The maximum absolute atomic E-state index is 12.6. The summed E-state index contributed by atoms with van der Waals surface area (Å²) in [5.41, 5.74) is 4.03. The van der Waals surface area contributed by atoms with Gasteiger partial charge in [0.25, 0.3) is 5.91 Å². The van der Waals surface area contributed by atoms with Crippen LogP contribution in [0.25, 0.3) is 0 Å². The van der Waals surface area contributed by atoms with Crippen molar-refractivity contribution in [2.24, 2.45) is 5.84 Å². The molecule has 2 aromatic heterocycles. The van der Waals surface area contributed by atoms with E-state index in [2.05, 4.69) is 15.4 Å². The number of nitrogen functional groups attached to an aromatic ring is 1. The third kappa shape index (κ3) is 2.96. The molecule has 25 heavy (non-hydrogen) atoms. The second-order valence-electron chi connectivity index (χ2n) is 6.09. The van der Waals surface area contributed by atoms with E-state index in [0.717, 1.165) is 31.6 Å². The number of hydrazine groups is 1. The van der Waals surface area contributed by atoms with Gasteiger partial charge in [-0.2, -0.15) is 0 Å². The maximum atomic E-state index is 12.6. The summed E-state index contributed by atoms with van der Waals surface area (Å²) >= 11 is 0. The quantitative estimate of drug-likeness (QED) is 0.646. The Balaban J connectivity index is 1.64. The zero-order valence-electron chi connectivity index (χ0n) is 13.8. The minimum Gasteiger partial charge on any atom is -0.488 e. The Bertz CT molecular complexity index is 790. The minimum atomic E-state index is 0.0204. The van der Waals surface area contributed by atoms with Gasteiger partial charge in [-0.1, -0.05) is 0 Å². The van der Waals surface area contributed by atoms with Gasteiger partial charge in [0.15, 0.2) is 11.6 Å². The van der Waals surface area contributed by atoms with Crippen LogP contribution in [0.3, 0.4) is 0 Å². The molecule has 0 radical (unpaired) electrons. The summed E-state index contributed by atoms with van der Waals surface area (Å²) in [4.78, 5) is 25.1. The lowest BCUT2D eigenvalue weighted by Gasteiger charge is -2.30. The fourth-order valence-corrected chi connectivity index (χ4v) is 3.24. The van der Waals surface area contributed by atoms with Crippen LogP contribution >= 0.6 is 0 Å². The number of ether oxygens (including phenoxy) is 1. The number of carbonyl (C=O) groups is 1. The normalized spacial score (nSPS) is 16.4. The van der Waals surface area contributed by atoms with Crippen LogP contribution in [0.4, 0.5) is 17.3 Å². The lowest BCUT2D eigenvalue weighted by Crippen LogP contribution is -2.31. The van der Waals surface area contributed by atoms with E-state index in [-0.39, 0.29) is 5.91 Å². The van der Waals surface area contributed by atoms with Crippen molar-refractivity contribution in [1.29, 1.82) is 0 Å². The number of carbonyl (C=O) groups excluding carboxylic acids is 1. The number of likely N-dealkylation sites (tertiary alicyclic amines) is 1. The van der Waals surface area contributed by atoms with E-state index in [9.17, 15) is 4.79 Å². The van der Waals surface area contributed by atoms with Crippen LogP contribution in [0.5, 0.6) is 5.75 Å². The SMILES string of the molecule is NNc1cc(N2CCOc3cc(C(=O)N4CCCC4)cnc32)ccn1. The van der Waals surface area contributed by atoms with Crippen molar-refractivity contribution in [2.45, 2.75) is 12.8 Å². The zero-order valence-corrected chi connectivity index (χ0v) is 13.8. The second kappa shape index (κ2) is 6.56. The number of nitrogens with zero attached hydrogens (tertiary/aromatic N) is 4. The van der Waals surface area contributed by atoms with Crippen LogP contribution in [0.1, 0.15) is 23.2 Å². The Labute approximate surface area is 145 Å². The molecular formula is C17H20N6O2. The van der Waals surface area contributed by atoms with Gasteiger partial charge in [-0.05, 0) is 25.0 Å². The lowest BCUT2D eigenvalue weighted by atomic mass is 10.2. The topological polar surface area (TPSA) is 96.6 Å². The molecule has 0 atom stereocenters. The van der Waals surface area contributed by atoms with Crippen LogP contribution in [0, 0.1) is 0 Å². The van der Waals surface area contributed by atoms with E-state index in [0.29, 0.717) is 36.1 Å². The smallest absolute Gasteiger partial charge is 0.255 e. The Morgan fingerprint density at radius 1 is 1.20 bits per heavy atom. The molecule has 4 heterocycles. The molecule has 2 aliphatic rings. The molecule has 4 rings (SSSR count). The molecule has 0 aromatic carbocycles. The van der Waals surface area contributed by atoms with Crippen molar-refractivity contribution in [1.82, 2.24) is 14.9 Å². The third-order valence-corrected chi connectivity index (χ3v) is 4.50. The average Bonchev–Trinajstić information content (AvgIpc) is 3.21. The molecule has 2 aromatic rings. The van der Waals surface area contributed by atoms with Crippen molar-refractivity contribution >= 4 is 23.2 Å². The number of hydrogen-bond acceptors (Lipinski definition) is 7. The molecule has 3 N–H and O–H groups in total. The van der Waals surface area contributed by atoms with Gasteiger partial charge in [0.1, 0.15) is 12.4 Å². The molecule has 8 heteroatoms. The number of nitrogens with two attached hydrogens (primary N) is 1. The van der Waals surface area contributed by atoms with Gasteiger partial charge in [0.05, 0.1) is 12.1 Å². The molecule has 0 spiro atoms. The van der Waals surface area contributed by atoms with Gasteiger partial charge in [0, 0.05) is 37.2 Å². The van der Waals surface area contributed by atoms with Crippen molar-refractivity contribution in [3.8, 4) is 5.75 Å². The second-order valence-corrected chi connectivity index (χ2v) is 6.09. The summed E-state index contributed by atoms with van der Waals surface area (Å²) in [5.74, 6) is 7.35. The summed E-state index contributed by atoms with van der Waals surface area (Å²) in [6, 6.07) is 5.53. The minimum absolute atomic E-state index is 0.0204. The summed E-state index contributed by atoms with van der Waals surface area (Å²) in [6.45, 7) is 2.81. The molecule has 0 saturated carbocycles. The molecule has 0 bridgehead atoms. The van der Waals surface area contributed by atoms with Gasteiger partial charge in [0.2, 0.25) is 0 Å². The summed E-state index contributed by atoms with van der Waals surface area (Å²) in [7, 11) is 0. The van der Waals surface area contributed by atoms with E-state index in [1.54, 1.807) is 18.5 Å². The number of pyridine rings is 2.